The zero-order valence-corrected chi connectivity index (χ0v) is 10.9. The molecule has 1 aromatic carbocycles. The first-order chi connectivity index (χ1) is 7.49. The predicted octanol–water partition coefficient (Wildman–Crippen LogP) is 3.33. The van der Waals surface area contributed by atoms with Crippen molar-refractivity contribution in [3.05, 3.63) is 28.7 Å². The molecule has 0 aliphatic heterocycles. The molecule has 16 heavy (non-hydrogen) atoms. The third kappa shape index (κ3) is 4.23. The van der Waals surface area contributed by atoms with Crippen LogP contribution in [0.25, 0.3) is 0 Å². The van der Waals surface area contributed by atoms with E-state index in [-0.39, 0.29) is 18.4 Å². The van der Waals surface area contributed by atoms with E-state index in [0.29, 0.717) is 0 Å². The second kappa shape index (κ2) is 5.89. The molecule has 0 saturated carbocycles. The van der Waals surface area contributed by atoms with Crippen molar-refractivity contribution < 1.29 is 14.6 Å². The Balaban J connectivity index is 2.53. The Morgan fingerprint density at radius 3 is 2.44 bits per heavy atom. The van der Waals surface area contributed by atoms with Gasteiger partial charge in [-0.15, -0.1) is 0 Å². The van der Waals surface area contributed by atoms with E-state index in [1.807, 2.05) is 38.1 Å². The van der Waals surface area contributed by atoms with E-state index in [2.05, 4.69) is 15.9 Å². The van der Waals surface area contributed by atoms with Gasteiger partial charge in [0.2, 0.25) is 0 Å². The van der Waals surface area contributed by atoms with E-state index in [0.717, 1.165) is 10.2 Å². The number of hydrogen-bond acceptors (Lipinski definition) is 2. The van der Waals surface area contributed by atoms with Gasteiger partial charge in [0.15, 0.2) is 0 Å². The molecule has 3 nitrogen and oxygen atoms in total. The molecule has 0 heterocycles. The van der Waals surface area contributed by atoms with E-state index in [1.165, 1.54) is 0 Å². The minimum atomic E-state index is -0.793. The molecule has 1 N–H and O–H groups in total. The van der Waals surface area contributed by atoms with Gasteiger partial charge in [0, 0.05) is 10.4 Å². The summed E-state index contributed by atoms with van der Waals surface area (Å²) in [4.78, 5) is 10.5. The highest BCUT2D eigenvalue weighted by molar-refractivity contribution is 9.10. The van der Waals surface area contributed by atoms with Gasteiger partial charge in [-0.1, -0.05) is 22.9 Å². The van der Waals surface area contributed by atoms with Gasteiger partial charge in [-0.05, 0) is 31.2 Å². The Kier molecular flexibility index (Phi) is 4.80. The van der Waals surface area contributed by atoms with Crippen molar-refractivity contribution in [2.75, 3.05) is 0 Å². The molecule has 0 bridgehead atoms. The summed E-state index contributed by atoms with van der Waals surface area (Å²) in [7, 11) is 0. The van der Waals surface area contributed by atoms with Crippen LogP contribution in [0.2, 0.25) is 0 Å². The largest absolute Gasteiger partial charge is 0.490 e. The fraction of sp³-hybridized carbons (Fsp3) is 0.417. The van der Waals surface area contributed by atoms with E-state index in [4.69, 9.17) is 9.84 Å². The van der Waals surface area contributed by atoms with Crippen molar-refractivity contribution in [2.45, 2.75) is 26.4 Å². The molecule has 2 atom stereocenters. The van der Waals surface area contributed by atoms with Crippen LogP contribution in [-0.4, -0.2) is 17.2 Å². The highest BCUT2D eigenvalue weighted by Crippen LogP contribution is 2.20. The quantitative estimate of drug-likeness (QED) is 0.903. The summed E-state index contributed by atoms with van der Waals surface area (Å²) in [5, 5.41) is 8.67. The number of carbonyl (C=O) groups is 1. The van der Waals surface area contributed by atoms with Crippen LogP contribution in [0.3, 0.4) is 0 Å². The Morgan fingerprint density at radius 1 is 1.38 bits per heavy atom. The molecule has 88 valence electrons. The molecule has 0 aromatic heterocycles. The summed E-state index contributed by atoms with van der Waals surface area (Å²) in [6.07, 6.45) is 0.00908. The Labute approximate surface area is 104 Å². The van der Waals surface area contributed by atoms with Crippen molar-refractivity contribution in [1.82, 2.24) is 0 Å². The number of hydrogen-bond donors (Lipinski definition) is 1. The second-order valence-electron chi connectivity index (χ2n) is 3.85. The first kappa shape index (κ1) is 13.0. The molecule has 0 amide bonds. The van der Waals surface area contributed by atoms with Crippen LogP contribution in [0.5, 0.6) is 5.75 Å². The predicted molar refractivity (Wildman–Crippen MR) is 65.6 cm³/mol. The number of carboxylic acid groups (broad SMARTS) is 1. The minimum Gasteiger partial charge on any atom is -0.490 e. The lowest BCUT2D eigenvalue weighted by molar-refractivity contribution is -0.138. The highest BCUT2D eigenvalue weighted by atomic mass is 79.9. The molecule has 0 saturated heterocycles. The first-order valence-corrected chi connectivity index (χ1v) is 5.92. The number of benzene rings is 1. The fourth-order valence-corrected chi connectivity index (χ4v) is 1.55. The number of aliphatic carboxylic acids is 1. The Hall–Kier alpha value is -1.03. The second-order valence-corrected chi connectivity index (χ2v) is 4.77. The fourth-order valence-electron chi connectivity index (χ4n) is 1.29. The molecular weight excluding hydrogens is 272 g/mol. The number of halogens is 1. The van der Waals surface area contributed by atoms with Gasteiger partial charge in [-0.25, -0.2) is 0 Å². The van der Waals surface area contributed by atoms with E-state index < -0.39 is 5.97 Å². The minimum absolute atomic E-state index is 0.0128. The highest BCUT2D eigenvalue weighted by Gasteiger charge is 2.16. The third-order valence-corrected chi connectivity index (χ3v) is 2.96. The Bertz CT molecular complexity index is 348. The van der Waals surface area contributed by atoms with Gasteiger partial charge in [0.25, 0.3) is 0 Å². The van der Waals surface area contributed by atoms with Gasteiger partial charge in [0.05, 0.1) is 12.5 Å². The maximum atomic E-state index is 10.5. The monoisotopic (exact) mass is 286 g/mol. The van der Waals surface area contributed by atoms with Gasteiger partial charge in [-0.2, -0.15) is 0 Å². The summed E-state index contributed by atoms with van der Waals surface area (Å²) in [6.45, 7) is 3.76. The van der Waals surface area contributed by atoms with Crippen LogP contribution in [0, 0.1) is 5.92 Å². The zero-order chi connectivity index (χ0) is 12.1. The van der Waals surface area contributed by atoms with Gasteiger partial charge in [-0.3, -0.25) is 4.79 Å². The number of ether oxygens (including phenoxy) is 1. The van der Waals surface area contributed by atoms with Gasteiger partial charge >= 0.3 is 5.97 Å². The van der Waals surface area contributed by atoms with Crippen molar-refractivity contribution in [3.8, 4) is 5.75 Å². The normalized spacial score (nSPS) is 14.2. The SMILES string of the molecule is CC(CC(=O)O)C(C)Oc1ccc(Br)cc1. The van der Waals surface area contributed by atoms with Crippen LogP contribution in [0.15, 0.2) is 28.7 Å². The summed E-state index contributed by atoms with van der Waals surface area (Å²) >= 11 is 3.34. The number of rotatable bonds is 5. The summed E-state index contributed by atoms with van der Waals surface area (Å²) in [5.74, 6) is -0.0483. The van der Waals surface area contributed by atoms with Gasteiger partial charge < -0.3 is 9.84 Å². The van der Waals surface area contributed by atoms with Crippen LogP contribution >= 0.6 is 15.9 Å². The maximum absolute atomic E-state index is 10.5. The summed E-state index contributed by atoms with van der Waals surface area (Å²) in [6, 6.07) is 7.50. The molecule has 0 spiro atoms. The third-order valence-electron chi connectivity index (χ3n) is 2.43. The maximum Gasteiger partial charge on any atom is 0.303 e. The molecule has 2 unspecified atom stereocenters. The lowest BCUT2D eigenvalue weighted by atomic mass is 10.0. The smallest absolute Gasteiger partial charge is 0.303 e. The van der Waals surface area contributed by atoms with Crippen LogP contribution in [0.4, 0.5) is 0 Å². The average Bonchev–Trinajstić information content (AvgIpc) is 2.20. The van der Waals surface area contributed by atoms with Crippen molar-refractivity contribution in [1.29, 1.82) is 0 Å². The Morgan fingerprint density at radius 2 is 1.94 bits per heavy atom. The average molecular weight is 287 g/mol. The summed E-state index contributed by atoms with van der Waals surface area (Å²) in [5.41, 5.74) is 0. The molecule has 1 rings (SSSR count). The molecule has 0 aliphatic rings. The summed E-state index contributed by atoms with van der Waals surface area (Å²) < 4.78 is 6.64. The van der Waals surface area contributed by atoms with Crippen molar-refractivity contribution in [3.63, 3.8) is 0 Å². The molecule has 0 aliphatic carbocycles. The standard InChI is InChI=1S/C12H15BrO3/c1-8(7-12(14)15)9(2)16-11-5-3-10(13)4-6-11/h3-6,8-9H,7H2,1-2H3,(H,14,15). The number of carboxylic acids is 1. The van der Waals surface area contributed by atoms with Crippen molar-refractivity contribution >= 4 is 21.9 Å². The molecule has 1 aromatic rings. The van der Waals surface area contributed by atoms with Gasteiger partial charge in [0.1, 0.15) is 5.75 Å². The van der Waals surface area contributed by atoms with E-state index >= 15 is 0 Å². The molecule has 4 heteroatoms. The molecular formula is C12H15BrO3. The topological polar surface area (TPSA) is 46.5 Å². The lowest BCUT2D eigenvalue weighted by Crippen LogP contribution is -2.23. The molecule has 0 fully saturated rings. The first-order valence-electron chi connectivity index (χ1n) is 5.13. The van der Waals surface area contributed by atoms with Crippen LogP contribution in [0.1, 0.15) is 20.3 Å². The van der Waals surface area contributed by atoms with E-state index in [9.17, 15) is 4.79 Å². The van der Waals surface area contributed by atoms with Crippen LogP contribution in [-0.2, 0) is 4.79 Å². The van der Waals surface area contributed by atoms with Crippen molar-refractivity contribution in [2.24, 2.45) is 5.92 Å². The lowest BCUT2D eigenvalue weighted by Gasteiger charge is -2.20. The molecule has 0 radical (unpaired) electrons. The van der Waals surface area contributed by atoms with Crippen LogP contribution < -0.4 is 4.74 Å². The van der Waals surface area contributed by atoms with E-state index in [1.54, 1.807) is 0 Å². The zero-order valence-electron chi connectivity index (χ0n) is 9.31.